The Morgan fingerprint density at radius 2 is 1.70 bits per heavy atom. The van der Waals surface area contributed by atoms with E-state index in [1.807, 2.05) is 30.3 Å². The third kappa shape index (κ3) is 5.62. The summed E-state index contributed by atoms with van der Waals surface area (Å²) in [6.07, 6.45) is 1.81. The zero-order chi connectivity index (χ0) is 28.2. The number of methoxy groups -OCH3 is 1. The number of nitrogens with zero attached hydrogens (tertiary/aromatic N) is 3. The highest BCUT2D eigenvalue weighted by atomic mass is 35.5. The highest BCUT2D eigenvalue weighted by Gasteiger charge is 2.37. The third-order valence-corrected chi connectivity index (χ3v) is 7.67. The van der Waals surface area contributed by atoms with Crippen molar-refractivity contribution in [3.05, 3.63) is 97.7 Å². The molecule has 3 heterocycles. The molecule has 2 aliphatic rings. The van der Waals surface area contributed by atoms with E-state index in [0.29, 0.717) is 63.4 Å². The van der Waals surface area contributed by atoms with Crippen molar-refractivity contribution in [3.63, 3.8) is 0 Å². The lowest BCUT2D eigenvalue weighted by atomic mass is 9.94. The molecule has 40 heavy (non-hydrogen) atoms. The molecule has 0 saturated carbocycles. The second-order valence-corrected chi connectivity index (χ2v) is 10.4. The number of pyridine rings is 1. The van der Waals surface area contributed by atoms with Crippen molar-refractivity contribution in [2.75, 3.05) is 33.4 Å². The van der Waals surface area contributed by atoms with E-state index in [9.17, 15) is 18.8 Å². The van der Waals surface area contributed by atoms with Crippen LogP contribution in [0.4, 0.5) is 4.39 Å². The average Bonchev–Trinajstić information content (AvgIpc) is 2.95. The fraction of sp³-hybridized carbons (Fsp3) is 0.367. The maximum absolute atomic E-state index is 13.9. The van der Waals surface area contributed by atoms with E-state index in [0.717, 1.165) is 12.0 Å². The van der Waals surface area contributed by atoms with E-state index < -0.39 is 17.3 Å². The number of halogens is 2. The van der Waals surface area contributed by atoms with Crippen molar-refractivity contribution >= 4 is 23.4 Å². The Hall–Kier alpha value is -3.69. The molecule has 0 bridgehead atoms. The van der Waals surface area contributed by atoms with Gasteiger partial charge in [0.05, 0.1) is 30.9 Å². The molecule has 2 aliphatic heterocycles. The standard InChI is InChI=1S/C30H31ClFN3O5/c1-39-27-25-22(11-14-34(28(25)36)18-21-9-10-24(32)23(31)17-21)26-29(37)33(12-5-6-13-35(26)30(27)38)15-16-40-19-20-7-3-2-4-8-20/h2-4,7-10,17H,5-6,11-16,18-19H2,1H3. The maximum atomic E-state index is 13.9. The second kappa shape index (κ2) is 12.2. The number of carbonyl (C=O) groups excluding carboxylic acids is 2. The van der Waals surface area contributed by atoms with Gasteiger partial charge in [-0.2, -0.15) is 0 Å². The molecule has 0 radical (unpaired) electrons. The Labute approximate surface area is 236 Å². The van der Waals surface area contributed by atoms with E-state index in [2.05, 4.69) is 0 Å². The van der Waals surface area contributed by atoms with Gasteiger partial charge in [-0.05, 0) is 42.5 Å². The highest BCUT2D eigenvalue weighted by molar-refractivity contribution is 6.30. The van der Waals surface area contributed by atoms with Crippen molar-refractivity contribution in [2.24, 2.45) is 0 Å². The fourth-order valence-corrected chi connectivity index (χ4v) is 5.56. The van der Waals surface area contributed by atoms with Gasteiger partial charge in [0.1, 0.15) is 11.5 Å². The molecule has 0 unspecified atom stereocenters. The molecule has 0 saturated heterocycles. The number of hydrogen-bond donors (Lipinski definition) is 0. The van der Waals surface area contributed by atoms with Crippen molar-refractivity contribution in [1.82, 2.24) is 14.4 Å². The van der Waals surface area contributed by atoms with Crippen molar-refractivity contribution < 1.29 is 23.5 Å². The molecule has 0 fully saturated rings. The predicted octanol–water partition coefficient (Wildman–Crippen LogP) is 4.30. The van der Waals surface area contributed by atoms with Crippen LogP contribution in [0.25, 0.3) is 0 Å². The summed E-state index contributed by atoms with van der Waals surface area (Å²) in [6, 6.07) is 14.1. The number of amides is 2. The summed E-state index contributed by atoms with van der Waals surface area (Å²) >= 11 is 5.94. The van der Waals surface area contributed by atoms with Crippen LogP contribution in [0.5, 0.6) is 5.75 Å². The van der Waals surface area contributed by atoms with Gasteiger partial charge < -0.3 is 23.8 Å². The monoisotopic (exact) mass is 567 g/mol. The molecule has 2 amide bonds. The van der Waals surface area contributed by atoms with Gasteiger partial charge in [-0.3, -0.25) is 14.4 Å². The van der Waals surface area contributed by atoms with E-state index in [-0.39, 0.29) is 34.5 Å². The molecular weight excluding hydrogens is 537 g/mol. The number of hydrogen-bond acceptors (Lipinski definition) is 5. The summed E-state index contributed by atoms with van der Waals surface area (Å²) in [7, 11) is 1.36. The lowest BCUT2D eigenvalue weighted by Crippen LogP contribution is -2.45. The number of fused-ring (bicyclic) bond motifs is 3. The molecule has 3 aromatic rings. The maximum Gasteiger partial charge on any atom is 0.294 e. The van der Waals surface area contributed by atoms with Crippen molar-refractivity contribution in [3.8, 4) is 5.75 Å². The molecule has 0 atom stereocenters. The topological polar surface area (TPSA) is 81.1 Å². The third-order valence-electron chi connectivity index (χ3n) is 7.39. The Balaban J connectivity index is 1.43. The van der Waals surface area contributed by atoms with Gasteiger partial charge in [0.15, 0.2) is 5.75 Å². The first-order valence-electron chi connectivity index (χ1n) is 13.4. The summed E-state index contributed by atoms with van der Waals surface area (Å²) < 4.78 is 26.4. The second-order valence-electron chi connectivity index (χ2n) is 9.95. The summed E-state index contributed by atoms with van der Waals surface area (Å²) in [5.41, 5.74) is 2.10. The van der Waals surface area contributed by atoms with E-state index in [4.69, 9.17) is 21.1 Å². The molecule has 0 N–H and O–H groups in total. The number of benzene rings is 2. The Kier molecular flexibility index (Phi) is 8.52. The largest absolute Gasteiger partial charge is 0.490 e. The van der Waals surface area contributed by atoms with Crippen LogP contribution >= 0.6 is 11.6 Å². The minimum Gasteiger partial charge on any atom is -0.490 e. The summed E-state index contributed by atoms with van der Waals surface area (Å²) in [5, 5.41) is -0.0296. The first kappa shape index (κ1) is 27.9. The van der Waals surface area contributed by atoms with Gasteiger partial charge in [-0.15, -0.1) is 0 Å². The smallest absolute Gasteiger partial charge is 0.294 e. The lowest BCUT2D eigenvalue weighted by molar-refractivity contribution is 0.0587. The Morgan fingerprint density at radius 1 is 0.925 bits per heavy atom. The first-order chi connectivity index (χ1) is 19.4. The average molecular weight is 568 g/mol. The molecule has 8 nitrogen and oxygen atoms in total. The molecule has 2 aromatic carbocycles. The van der Waals surface area contributed by atoms with Crippen molar-refractivity contribution in [2.45, 2.75) is 39.0 Å². The molecule has 210 valence electrons. The molecule has 0 spiro atoms. The van der Waals surface area contributed by atoms with Crippen LogP contribution in [0.1, 0.15) is 50.4 Å². The zero-order valence-corrected chi connectivity index (χ0v) is 23.1. The molecule has 0 aliphatic carbocycles. The van der Waals surface area contributed by atoms with Crippen LogP contribution in [-0.4, -0.2) is 59.5 Å². The van der Waals surface area contributed by atoms with Gasteiger partial charge in [0.25, 0.3) is 17.4 Å². The normalized spacial score (nSPS) is 15.4. The molecule has 5 rings (SSSR count). The molecular formula is C30H31ClFN3O5. The number of ether oxygens (including phenoxy) is 2. The number of carbonyl (C=O) groups is 2. The van der Waals surface area contributed by atoms with Crippen LogP contribution in [-0.2, 0) is 30.9 Å². The SMILES string of the molecule is COc1c2c(c3n(c1=O)CCCCN(CCOCc1ccccc1)C3=O)CCN(Cc1ccc(F)c(Cl)c1)C2=O. The number of aromatic nitrogens is 1. The van der Waals surface area contributed by atoms with Gasteiger partial charge in [-0.25, -0.2) is 4.39 Å². The summed E-state index contributed by atoms with van der Waals surface area (Å²) in [4.78, 5) is 44.5. The van der Waals surface area contributed by atoms with Gasteiger partial charge >= 0.3 is 0 Å². The van der Waals surface area contributed by atoms with Crippen LogP contribution < -0.4 is 10.3 Å². The van der Waals surface area contributed by atoms with Crippen molar-refractivity contribution in [1.29, 1.82) is 0 Å². The van der Waals surface area contributed by atoms with Crippen LogP contribution in [0.3, 0.4) is 0 Å². The molecule has 10 heteroatoms. The Bertz CT molecular complexity index is 1480. The van der Waals surface area contributed by atoms with Gasteiger partial charge in [0.2, 0.25) is 0 Å². The van der Waals surface area contributed by atoms with Gasteiger partial charge in [-0.1, -0.05) is 48.0 Å². The highest BCUT2D eigenvalue weighted by Crippen LogP contribution is 2.31. The fourth-order valence-electron chi connectivity index (χ4n) is 5.36. The quantitative estimate of drug-likeness (QED) is 0.379. The lowest BCUT2D eigenvalue weighted by Gasteiger charge is -2.34. The number of rotatable bonds is 8. The van der Waals surface area contributed by atoms with E-state index >= 15 is 0 Å². The molecule has 1 aromatic heterocycles. The Morgan fingerprint density at radius 3 is 2.45 bits per heavy atom. The van der Waals surface area contributed by atoms with Crippen LogP contribution in [0, 0.1) is 5.82 Å². The summed E-state index contributed by atoms with van der Waals surface area (Å²) in [5.74, 6) is -1.29. The summed E-state index contributed by atoms with van der Waals surface area (Å²) in [6.45, 7) is 2.56. The first-order valence-corrected chi connectivity index (χ1v) is 13.7. The minimum atomic E-state index is -0.539. The van der Waals surface area contributed by atoms with E-state index in [1.165, 1.54) is 23.8 Å². The minimum absolute atomic E-state index is 0.0296. The van der Waals surface area contributed by atoms with Gasteiger partial charge in [0, 0.05) is 38.3 Å². The van der Waals surface area contributed by atoms with E-state index in [1.54, 1.807) is 15.9 Å². The predicted molar refractivity (Wildman–Crippen MR) is 148 cm³/mol. The van der Waals surface area contributed by atoms with Crippen LogP contribution in [0.15, 0.2) is 53.3 Å². The zero-order valence-electron chi connectivity index (χ0n) is 22.3. The van der Waals surface area contributed by atoms with Crippen LogP contribution in [0.2, 0.25) is 5.02 Å².